The normalized spacial score (nSPS) is 16.0. The van der Waals surface area contributed by atoms with Crippen LogP contribution in [0.2, 0.25) is 0 Å². The highest BCUT2D eigenvalue weighted by Gasteiger charge is 2.22. The minimum Gasteiger partial charge on any atom is -0.376 e. The predicted octanol–water partition coefficient (Wildman–Crippen LogP) is 5.27. The Hall–Kier alpha value is -3.47. The van der Waals surface area contributed by atoms with Crippen molar-refractivity contribution in [2.24, 2.45) is 4.99 Å². The summed E-state index contributed by atoms with van der Waals surface area (Å²) in [6.07, 6.45) is 0.639. The zero-order valence-electron chi connectivity index (χ0n) is 14.0. The van der Waals surface area contributed by atoms with E-state index < -0.39 is 0 Å². The highest BCUT2D eigenvalue weighted by Crippen LogP contribution is 2.35. The summed E-state index contributed by atoms with van der Waals surface area (Å²) in [6, 6.07) is 24.6. The number of benzene rings is 3. The van der Waals surface area contributed by atoms with Gasteiger partial charge in [-0.3, -0.25) is 15.1 Å². The summed E-state index contributed by atoms with van der Waals surface area (Å²) < 4.78 is 0. The molecule has 0 bridgehead atoms. The molecule has 0 spiro atoms. The molecule has 3 aromatic rings. The fourth-order valence-corrected chi connectivity index (χ4v) is 3.19. The van der Waals surface area contributed by atoms with Crippen molar-refractivity contribution in [3.63, 3.8) is 0 Å². The van der Waals surface area contributed by atoms with E-state index in [4.69, 9.17) is 4.99 Å². The van der Waals surface area contributed by atoms with Crippen molar-refractivity contribution in [2.75, 3.05) is 5.32 Å². The van der Waals surface area contributed by atoms with Gasteiger partial charge in [0.1, 0.15) is 0 Å². The zero-order valence-corrected chi connectivity index (χ0v) is 14.0. The van der Waals surface area contributed by atoms with Gasteiger partial charge in [0.25, 0.3) is 5.69 Å². The average molecular weight is 343 g/mol. The molecular formula is C21H17N3O2. The summed E-state index contributed by atoms with van der Waals surface area (Å²) in [5.74, 6) is 0. The third kappa shape index (κ3) is 3.19. The molecule has 0 unspecified atom stereocenters. The minimum absolute atomic E-state index is 0.0973. The fraction of sp³-hybridized carbons (Fsp3) is 0.0952. The SMILES string of the molecule is O=[N+]([O-])c1cccc([C@@H]2CC(c3ccccc3)=Nc3ccccc3N2)c1. The van der Waals surface area contributed by atoms with E-state index in [9.17, 15) is 10.1 Å². The molecule has 0 saturated heterocycles. The summed E-state index contributed by atoms with van der Waals surface area (Å²) in [6.45, 7) is 0. The zero-order chi connectivity index (χ0) is 17.9. The van der Waals surface area contributed by atoms with E-state index >= 15 is 0 Å². The maximum atomic E-state index is 11.1. The number of nitro groups is 1. The third-order valence-corrected chi connectivity index (χ3v) is 4.48. The van der Waals surface area contributed by atoms with Gasteiger partial charge in [-0.15, -0.1) is 0 Å². The number of fused-ring (bicyclic) bond motifs is 1. The number of aliphatic imine (C=N–C) groups is 1. The Kier molecular flexibility index (Phi) is 4.19. The first-order valence-electron chi connectivity index (χ1n) is 8.43. The Labute approximate surface area is 151 Å². The molecule has 1 N–H and O–H groups in total. The maximum absolute atomic E-state index is 11.1. The largest absolute Gasteiger partial charge is 0.376 e. The molecule has 4 rings (SSSR count). The number of para-hydroxylation sites is 2. The quantitative estimate of drug-likeness (QED) is 0.520. The van der Waals surface area contributed by atoms with Crippen LogP contribution < -0.4 is 5.32 Å². The van der Waals surface area contributed by atoms with Crippen LogP contribution in [0.1, 0.15) is 23.6 Å². The Morgan fingerprint density at radius 1 is 0.962 bits per heavy atom. The monoisotopic (exact) mass is 343 g/mol. The van der Waals surface area contributed by atoms with E-state index in [1.165, 1.54) is 6.07 Å². The second-order valence-corrected chi connectivity index (χ2v) is 6.19. The van der Waals surface area contributed by atoms with Gasteiger partial charge in [0.05, 0.1) is 28.1 Å². The van der Waals surface area contributed by atoms with Crippen LogP contribution in [0.4, 0.5) is 17.1 Å². The molecule has 26 heavy (non-hydrogen) atoms. The number of nitro benzene ring substituents is 1. The molecule has 3 aromatic carbocycles. The summed E-state index contributed by atoms with van der Waals surface area (Å²) in [5.41, 5.74) is 4.79. The van der Waals surface area contributed by atoms with Crippen LogP contribution in [0, 0.1) is 10.1 Å². The lowest BCUT2D eigenvalue weighted by Crippen LogP contribution is -2.14. The minimum atomic E-state index is -0.361. The van der Waals surface area contributed by atoms with Crippen molar-refractivity contribution in [2.45, 2.75) is 12.5 Å². The van der Waals surface area contributed by atoms with Gasteiger partial charge in [-0.25, -0.2) is 0 Å². The second-order valence-electron chi connectivity index (χ2n) is 6.19. The number of hydrogen-bond donors (Lipinski definition) is 1. The van der Waals surface area contributed by atoms with Crippen molar-refractivity contribution in [3.8, 4) is 0 Å². The number of rotatable bonds is 3. The van der Waals surface area contributed by atoms with Gasteiger partial charge in [-0.1, -0.05) is 54.6 Å². The van der Waals surface area contributed by atoms with Crippen LogP contribution in [0.25, 0.3) is 0 Å². The molecule has 0 aliphatic carbocycles. The van der Waals surface area contributed by atoms with Crippen molar-refractivity contribution >= 4 is 22.8 Å². The molecule has 1 aliphatic heterocycles. The van der Waals surface area contributed by atoms with Crippen LogP contribution in [0.3, 0.4) is 0 Å². The molecule has 0 amide bonds. The Morgan fingerprint density at radius 2 is 1.73 bits per heavy atom. The molecule has 0 fully saturated rings. The van der Waals surface area contributed by atoms with Crippen molar-refractivity contribution in [3.05, 3.63) is 100 Å². The maximum Gasteiger partial charge on any atom is 0.269 e. The van der Waals surface area contributed by atoms with Crippen molar-refractivity contribution < 1.29 is 4.92 Å². The number of hydrogen-bond acceptors (Lipinski definition) is 4. The van der Waals surface area contributed by atoms with E-state index in [-0.39, 0.29) is 16.7 Å². The molecule has 5 heteroatoms. The van der Waals surface area contributed by atoms with E-state index in [2.05, 4.69) is 5.32 Å². The van der Waals surface area contributed by atoms with E-state index in [1.54, 1.807) is 12.1 Å². The molecule has 5 nitrogen and oxygen atoms in total. The Morgan fingerprint density at radius 3 is 2.54 bits per heavy atom. The average Bonchev–Trinajstić information content (AvgIpc) is 2.88. The number of anilines is 1. The molecular weight excluding hydrogens is 326 g/mol. The van der Waals surface area contributed by atoms with Crippen LogP contribution in [-0.4, -0.2) is 10.6 Å². The lowest BCUT2D eigenvalue weighted by Gasteiger charge is -2.19. The Bertz CT molecular complexity index is 983. The Balaban J connectivity index is 1.79. The second kappa shape index (κ2) is 6.80. The van der Waals surface area contributed by atoms with Gasteiger partial charge in [-0.2, -0.15) is 0 Å². The molecule has 1 atom stereocenters. The molecule has 1 heterocycles. The van der Waals surface area contributed by atoms with Crippen molar-refractivity contribution in [1.29, 1.82) is 0 Å². The van der Waals surface area contributed by atoms with Crippen LogP contribution in [0.5, 0.6) is 0 Å². The number of nitrogens with zero attached hydrogens (tertiary/aromatic N) is 2. The topological polar surface area (TPSA) is 67.5 Å². The van der Waals surface area contributed by atoms with Gasteiger partial charge in [0.2, 0.25) is 0 Å². The standard InChI is InChI=1S/C21H17N3O2/c25-24(26)17-10-6-9-16(13-17)21-14-20(15-7-2-1-3-8-15)22-18-11-4-5-12-19(18)23-21/h1-13,21,23H,14H2/t21-/m0/s1. The van der Waals surface area contributed by atoms with E-state index in [1.807, 2.05) is 60.7 Å². The lowest BCUT2D eigenvalue weighted by molar-refractivity contribution is -0.384. The van der Waals surface area contributed by atoms with Crippen LogP contribution in [0.15, 0.2) is 83.9 Å². The summed E-state index contributed by atoms with van der Waals surface area (Å²) in [5, 5.41) is 14.7. The highest BCUT2D eigenvalue weighted by atomic mass is 16.6. The lowest BCUT2D eigenvalue weighted by atomic mass is 9.97. The van der Waals surface area contributed by atoms with Crippen molar-refractivity contribution in [1.82, 2.24) is 0 Å². The fourth-order valence-electron chi connectivity index (χ4n) is 3.19. The highest BCUT2D eigenvalue weighted by molar-refractivity contribution is 6.04. The molecule has 0 saturated carbocycles. The first kappa shape index (κ1) is 16.0. The van der Waals surface area contributed by atoms with Gasteiger partial charge in [-0.05, 0) is 23.3 Å². The van der Waals surface area contributed by atoms with Gasteiger partial charge in [0.15, 0.2) is 0 Å². The van der Waals surface area contributed by atoms with Gasteiger partial charge in [0, 0.05) is 18.6 Å². The summed E-state index contributed by atoms with van der Waals surface area (Å²) in [4.78, 5) is 15.7. The molecule has 0 aromatic heterocycles. The molecule has 1 aliphatic rings. The van der Waals surface area contributed by atoms with Gasteiger partial charge < -0.3 is 5.32 Å². The number of nitrogens with one attached hydrogen (secondary N) is 1. The van der Waals surface area contributed by atoms with Crippen LogP contribution >= 0.6 is 0 Å². The van der Waals surface area contributed by atoms with Gasteiger partial charge >= 0.3 is 0 Å². The first-order valence-corrected chi connectivity index (χ1v) is 8.43. The number of non-ortho nitro benzene ring substituents is 1. The van der Waals surface area contributed by atoms with Crippen LogP contribution in [-0.2, 0) is 0 Å². The molecule has 128 valence electrons. The summed E-state index contributed by atoms with van der Waals surface area (Å²) >= 11 is 0. The third-order valence-electron chi connectivity index (χ3n) is 4.48. The predicted molar refractivity (Wildman–Crippen MR) is 103 cm³/mol. The molecule has 0 radical (unpaired) electrons. The van der Waals surface area contributed by atoms with E-state index in [0.29, 0.717) is 6.42 Å². The summed E-state index contributed by atoms with van der Waals surface area (Å²) in [7, 11) is 0. The van der Waals surface area contributed by atoms with E-state index in [0.717, 1.165) is 28.2 Å². The smallest absolute Gasteiger partial charge is 0.269 e. The first-order chi connectivity index (χ1) is 12.7.